The lowest BCUT2D eigenvalue weighted by atomic mass is 10.1. The summed E-state index contributed by atoms with van der Waals surface area (Å²) >= 11 is 3.46. The Morgan fingerprint density at radius 2 is 2.12 bits per heavy atom. The van der Waals surface area contributed by atoms with E-state index >= 15 is 0 Å². The Kier molecular flexibility index (Phi) is 5.01. The fourth-order valence-electron chi connectivity index (χ4n) is 2.17. The average molecular weight is 298 g/mol. The van der Waals surface area contributed by atoms with Crippen molar-refractivity contribution >= 4 is 15.9 Å². The Bertz CT molecular complexity index is 339. The van der Waals surface area contributed by atoms with E-state index in [1.54, 1.807) is 0 Å². The van der Waals surface area contributed by atoms with E-state index in [0.717, 1.165) is 24.2 Å². The van der Waals surface area contributed by atoms with Gasteiger partial charge in [0.1, 0.15) is 0 Å². The van der Waals surface area contributed by atoms with Crippen molar-refractivity contribution in [2.24, 2.45) is 0 Å². The third-order valence-electron chi connectivity index (χ3n) is 3.22. The van der Waals surface area contributed by atoms with Crippen molar-refractivity contribution in [3.8, 4) is 0 Å². The molecule has 1 aliphatic heterocycles. The highest BCUT2D eigenvalue weighted by Gasteiger charge is 2.21. The van der Waals surface area contributed by atoms with Crippen molar-refractivity contribution in [1.82, 2.24) is 4.90 Å². The first kappa shape index (κ1) is 13.1. The van der Waals surface area contributed by atoms with Crippen LogP contribution in [0.2, 0.25) is 0 Å². The largest absolute Gasteiger partial charge is 0.371 e. The molecule has 94 valence electrons. The molecule has 3 heteroatoms. The lowest BCUT2D eigenvalue weighted by molar-refractivity contribution is -0.0302. The van der Waals surface area contributed by atoms with Crippen LogP contribution in [0.1, 0.15) is 31.4 Å². The van der Waals surface area contributed by atoms with Crippen LogP contribution < -0.4 is 0 Å². The lowest BCUT2D eigenvalue weighted by Gasteiger charge is -2.33. The highest BCUT2D eigenvalue weighted by molar-refractivity contribution is 9.10. The van der Waals surface area contributed by atoms with E-state index < -0.39 is 0 Å². The van der Waals surface area contributed by atoms with Gasteiger partial charge < -0.3 is 4.74 Å². The number of ether oxygens (including phenoxy) is 1. The van der Waals surface area contributed by atoms with Crippen LogP contribution in [-0.2, 0) is 4.74 Å². The fraction of sp³-hybridized carbons (Fsp3) is 0.571. The monoisotopic (exact) mass is 297 g/mol. The van der Waals surface area contributed by atoms with Crippen molar-refractivity contribution in [2.45, 2.75) is 25.9 Å². The zero-order chi connectivity index (χ0) is 12.1. The number of benzene rings is 1. The van der Waals surface area contributed by atoms with Gasteiger partial charge in [-0.05, 0) is 30.7 Å². The Hall–Kier alpha value is -0.380. The number of rotatable bonds is 4. The Balaban J connectivity index is 1.94. The molecule has 1 aromatic carbocycles. The van der Waals surface area contributed by atoms with E-state index in [0.29, 0.717) is 0 Å². The molecule has 1 heterocycles. The van der Waals surface area contributed by atoms with Crippen molar-refractivity contribution in [2.75, 3.05) is 26.2 Å². The van der Waals surface area contributed by atoms with Gasteiger partial charge in [0.25, 0.3) is 0 Å². The van der Waals surface area contributed by atoms with E-state index in [9.17, 15) is 0 Å². The zero-order valence-corrected chi connectivity index (χ0v) is 11.9. The van der Waals surface area contributed by atoms with Crippen LogP contribution in [0.25, 0.3) is 0 Å². The van der Waals surface area contributed by atoms with Crippen molar-refractivity contribution in [3.05, 3.63) is 34.3 Å². The average Bonchev–Trinajstić information content (AvgIpc) is 2.37. The van der Waals surface area contributed by atoms with Gasteiger partial charge in [0.2, 0.25) is 0 Å². The van der Waals surface area contributed by atoms with Crippen LogP contribution in [-0.4, -0.2) is 31.1 Å². The normalized spacial score (nSPS) is 21.6. The molecule has 0 bridgehead atoms. The molecule has 2 rings (SSSR count). The number of unbranched alkanes of at least 4 members (excludes halogenated alkanes) is 1. The maximum Gasteiger partial charge on any atom is 0.0952 e. The third-order valence-corrected chi connectivity index (χ3v) is 3.75. The number of nitrogens with zero attached hydrogens (tertiary/aromatic N) is 1. The second kappa shape index (κ2) is 6.53. The Labute approximate surface area is 112 Å². The maximum atomic E-state index is 5.86. The van der Waals surface area contributed by atoms with Crippen LogP contribution >= 0.6 is 15.9 Å². The molecule has 1 aromatic rings. The van der Waals surface area contributed by atoms with Crippen molar-refractivity contribution in [3.63, 3.8) is 0 Å². The first-order valence-corrected chi connectivity index (χ1v) is 7.18. The minimum Gasteiger partial charge on any atom is -0.371 e. The molecule has 1 saturated heterocycles. The minimum absolute atomic E-state index is 0.244. The van der Waals surface area contributed by atoms with E-state index in [1.165, 1.54) is 24.9 Å². The lowest BCUT2D eigenvalue weighted by Crippen LogP contribution is -2.38. The highest BCUT2D eigenvalue weighted by Crippen LogP contribution is 2.23. The molecular weight excluding hydrogens is 278 g/mol. The van der Waals surface area contributed by atoms with E-state index in [1.807, 2.05) is 0 Å². The second-order valence-electron chi connectivity index (χ2n) is 4.57. The predicted octanol–water partition coefficient (Wildman–Crippen LogP) is 3.62. The number of hydrogen-bond acceptors (Lipinski definition) is 2. The summed E-state index contributed by atoms with van der Waals surface area (Å²) in [6, 6.07) is 8.48. The van der Waals surface area contributed by atoms with Crippen LogP contribution in [0, 0.1) is 0 Å². The zero-order valence-electron chi connectivity index (χ0n) is 10.4. The SMILES string of the molecule is CCCCN1CCOC(c2ccc(Br)cc2)C1. The first-order valence-electron chi connectivity index (χ1n) is 6.39. The summed E-state index contributed by atoms with van der Waals surface area (Å²) in [6.07, 6.45) is 2.79. The molecule has 0 aromatic heterocycles. The molecule has 1 fully saturated rings. The highest BCUT2D eigenvalue weighted by atomic mass is 79.9. The van der Waals surface area contributed by atoms with Crippen LogP contribution in [0.15, 0.2) is 28.7 Å². The smallest absolute Gasteiger partial charge is 0.0952 e. The second-order valence-corrected chi connectivity index (χ2v) is 5.48. The first-order chi connectivity index (χ1) is 8.29. The summed E-state index contributed by atoms with van der Waals surface area (Å²) in [4.78, 5) is 2.51. The van der Waals surface area contributed by atoms with E-state index in [4.69, 9.17) is 4.74 Å². The summed E-state index contributed by atoms with van der Waals surface area (Å²) in [6.45, 7) is 6.40. The van der Waals surface area contributed by atoms with Gasteiger partial charge in [-0.3, -0.25) is 4.90 Å². The van der Waals surface area contributed by atoms with Gasteiger partial charge in [0.15, 0.2) is 0 Å². The predicted molar refractivity (Wildman–Crippen MR) is 74.2 cm³/mol. The van der Waals surface area contributed by atoms with Gasteiger partial charge in [-0.15, -0.1) is 0 Å². The minimum atomic E-state index is 0.244. The molecule has 0 N–H and O–H groups in total. The van der Waals surface area contributed by atoms with Crippen LogP contribution in [0.5, 0.6) is 0 Å². The fourth-order valence-corrected chi connectivity index (χ4v) is 2.43. The van der Waals surface area contributed by atoms with Gasteiger partial charge in [-0.25, -0.2) is 0 Å². The molecule has 1 aliphatic rings. The number of morpholine rings is 1. The van der Waals surface area contributed by atoms with Crippen molar-refractivity contribution in [1.29, 1.82) is 0 Å². The van der Waals surface area contributed by atoms with Crippen molar-refractivity contribution < 1.29 is 4.74 Å². The molecule has 1 unspecified atom stereocenters. The quantitative estimate of drug-likeness (QED) is 0.842. The Morgan fingerprint density at radius 1 is 1.35 bits per heavy atom. The van der Waals surface area contributed by atoms with E-state index in [-0.39, 0.29) is 6.10 Å². The molecule has 0 aliphatic carbocycles. The van der Waals surface area contributed by atoms with Gasteiger partial charge in [-0.1, -0.05) is 41.4 Å². The number of halogens is 1. The summed E-state index contributed by atoms with van der Waals surface area (Å²) in [5.41, 5.74) is 1.29. The molecule has 0 saturated carbocycles. The molecule has 0 radical (unpaired) electrons. The van der Waals surface area contributed by atoms with Gasteiger partial charge in [0.05, 0.1) is 12.7 Å². The topological polar surface area (TPSA) is 12.5 Å². The number of hydrogen-bond donors (Lipinski definition) is 0. The van der Waals surface area contributed by atoms with Gasteiger partial charge >= 0.3 is 0 Å². The molecule has 2 nitrogen and oxygen atoms in total. The van der Waals surface area contributed by atoms with Gasteiger partial charge in [0, 0.05) is 17.6 Å². The molecular formula is C14H20BrNO. The maximum absolute atomic E-state index is 5.86. The van der Waals surface area contributed by atoms with Crippen LogP contribution in [0.3, 0.4) is 0 Å². The molecule has 0 spiro atoms. The summed E-state index contributed by atoms with van der Waals surface area (Å²) in [5.74, 6) is 0. The van der Waals surface area contributed by atoms with Crippen LogP contribution in [0.4, 0.5) is 0 Å². The van der Waals surface area contributed by atoms with Gasteiger partial charge in [-0.2, -0.15) is 0 Å². The third kappa shape index (κ3) is 3.80. The van der Waals surface area contributed by atoms with E-state index in [2.05, 4.69) is 52.0 Å². The molecule has 0 amide bonds. The summed E-state index contributed by atoms with van der Waals surface area (Å²) < 4.78 is 6.98. The summed E-state index contributed by atoms with van der Waals surface area (Å²) in [7, 11) is 0. The molecule has 17 heavy (non-hydrogen) atoms. The standard InChI is InChI=1S/C14H20BrNO/c1-2-3-8-16-9-10-17-14(11-16)12-4-6-13(15)7-5-12/h4-7,14H,2-3,8-11H2,1H3. The summed E-state index contributed by atoms with van der Waals surface area (Å²) in [5, 5.41) is 0. The molecule has 1 atom stereocenters. The Morgan fingerprint density at radius 3 is 2.82 bits per heavy atom.